The van der Waals surface area contributed by atoms with Crippen LogP contribution in [0.1, 0.15) is 28.9 Å². The van der Waals surface area contributed by atoms with E-state index in [0.717, 1.165) is 75.0 Å². The molecule has 1 aliphatic heterocycles. The zero-order chi connectivity index (χ0) is 25.8. The maximum atomic E-state index is 6.60. The van der Waals surface area contributed by atoms with Gasteiger partial charge in [-0.15, -0.1) is 0 Å². The molecule has 0 radical (unpaired) electrons. The summed E-state index contributed by atoms with van der Waals surface area (Å²) in [5.74, 6) is 0. The second kappa shape index (κ2) is 15.6. The van der Waals surface area contributed by atoms with Gasteiger partial charge in [0.2, 0.25) is 0 Å². The predicted octanol–water partition coefficient (Wildman–Crippen LogP) is 4.40. The number of nitrogens with zero attached hydrogens (tertiary/aromatic N) is 6. The van der Waals surface area contributed by atoms with Crippen LogP contribution in [0.5, 0.6) is 0 Å². The maximum Gasteiger partial charge on any atom is 0.154 e. The van der Waals surface area contributed by atoms with Gasteiger partial charge in [0.15, 0.2) is 6.23 Å². The van der Waals surface area contributed by atoms with Crippen LogP contribution in [0.25, 0.3) is 0 Å². The van der Waals surface area contributed by atoms with E-state index < -0.39 is 0 Å². The standard InChI is InChI=1S/C31H36N6O.Fe/c1-2-10-27(11-3-1)26-38-31(30-14-6-9-17-34-30)37-22-20-35(24-28-12-4-7-15-32-28)18-19-36(21-23-37)25-29-13-5-8-16-33-29;/h1-17,31H,18-26H2;. The first-order valence-corrected chi connectivity index (χ1v) is 13.4. The molecule has 1 aliphatic rings. The predicted molar refractivity (Wildman–Crippen MR) is 149 cm³/mol. The summed E-state index contributed by atoms with van der Waals surface area (Å²) in [6.07, 6.45) is 5.37. The second-order valence-corrected chi connectivity index (χ2v) is 9.63. The molecule has 1 fully saturated rings. The summed E-state index contributed by atoms with van der Waals surface area (Å²) in [6, 6.07) is 28.7. The van der Waals surface area contributed by atoms with E-state index in [9.17, 15) is 0 Å². The molecular formula is C31H36FeN6O. The van der Waals surface area contributed by atoms with E-state index in [-0.39, 0.29) is 23.3 Å². The summed E-state index contributed by atoms with van der Waals surface area (Å²) in [7, 11) is 0. The quantitative estimate of drug-likeness (QED) is 0.280. The van der Waals surface area contributed by atoms with Gasteiger partial charge in [-0.3, -0.25) is 29.7 Å². The van der Waals surface area contributed by atoms with Crippen LogP contribution >= 0.6 is 0 Å². The van der Waals surface area contributed by atoms with Gasteiger partial charge >= 0.3 is 0 Å². The molecule has 7 nitrogen and oxygen atoms in total. The Balaban J connectivity index is 0.00000353. The van der Waals surface area contributed by atoms with Crippen LogP contribution < -0.4 is 0 Å². The zero-order valence-corrected chi connectivity index (χ0v) is 23.3. The van der Waals surface area contributed by atoms with Crippen molar-refractivity contribution in [2.75, 3.05) is 39.3 Å². The van der Waals surface area contributed by atoms with Gasteiger partial charge in [0.25, 0.3) is 0 Å². The number of pyridine rings is 3. The third-order valence-electron chi connectivity index (χ3n) is 6.89. The van der Waals surface area contributed by atoms with Crippen molar-refractivity contribution in [2.24, 2.45) is 0 Å². The minimum atomic E-state index is -0.233. The molecule has 1 atom stereocenters. The zero-order valence-electron chi connectivity index (χ0n) is 22.2. The molecule has 1 saturated heterocycles. The third kappa shape index (κ3) is 9.04. The van der Waals surface area contributed by atoms with Crippen molar-refractivity contribution in [1.29, 1.82) is 0 Å². The molecule has 0 N–H and O–H groups in total. The Morgan fingerprint density at radius 2 is 1.10 bits per heavy atom. The molecule has 4 heterocycles. The van der Waals surface area contributed by atoms with Gasteiger partial charge in [0.05, 0.1) is 23.7 Å². The van der Waals surface area contributed by atoms with Crippen LogP contribution in [0.15, 0.2) is 104 Å². The largest absolute Gasteiger partial charge is 0.353 e. The number of ether oxygens (including phenoxy) is 1. The molecule has 4 aromatic rings. The molecule has 39 heavy (non-hydrogen) atoms. The molecule has 1 aromatic carbocycles. The molecule has 5 rings (SSSR count). The second-order valence-electron chi connectivity index (χ2n) is 9.63. The molecule has 3 aromatic heterocycles. The Labute approximate surface area is 242 Å². The van der Waals surface area contributed by atoms with Crippen molar-refractivity contribution in [2.45, 2.75) is 25.9 Å². The van der Waals surface area contributed by atoms with Crippen LogP contribution in [-0.4, -0.2) is 68.9 Å². The molecule has 8 heteroatoms. The van der Waals surface area contributed by atoms with E-state index in [1.165, 1.54) is 0 Å². The van der Waals surface area contributed by atoms with Crippen molar-refractivity contribution in [3.63, 3.8) is 0 Å². The van der Waals surface area contributed by atoms with Gasteiger partial charge in [0, 0.05) is 88.0 Å². The SMILES string of the molecule is [Fe].c1ccc(COC(c2ccccn2)N2CCN(Cc3ccccn3)CCN(Cc3ccccn3)CC2)cc1. The monoisotopic (exact) mass is 564 g/mol. The van der Waals surface area contributed by atoms with Crippen LogP contribution in [0.4, 0.5) is 0 Å². The Bertz CT molecular complexity index is 1150. The first-order valence-electron chi connectivity index (χ1n) is 13.4. The molecule has 0 spiro atoms. The minimum Gasteiger partial charge on any atom is -0.353 e. The number of rotatable bonds is 9. The summed E-state index contributed by atoms with van der Waals surface area (Å²) >= 11 is 0. The maximum absolute atomic E-state index is 6.60. The third-order valence-corrected chi connectivity index (χ3v) is 6.89. The van der Waals surface area contributed by atoms with E-state index >= 15 is 0 Å². The molecule has 0 bridgehead atoms. The Hall–Kier alpha value is -2.97. The molecule has 1 unspecified atom stereocenters. The average Bonchev–Trinajstić information content (AvgIpc) is 3.07. The Kier molecular flexibility index (Phi) is 11.6. The van der Waals surface area contributed by atoms with E-state index in [4.69, 9.17) is 9.72 Å². The van der Waals surface area contributed by atoms with Crippen LogP contribution in [0.3, 0.4) is 0 Å². The van der Waals surface area contributed by atoms with Crippen molar-refractivity contribution >= 4 is 0 Å². The van der Waals surface area contributed by atoms with Crippen molar-refractivity contribution < 1.29 is 21.8 Å². The fourth-order valence-electron chi connectivity index (χ4n) is 4.80. The van der Waals surface area contributed by atoms with E-state index in [1.807, 2.05) is 48.9 Å². The van der Waals surface area contributed by atoms with Gasteiger partial charge in [-0.2, -0.15) is 0 Å². The first kappa shape index (κ1) is 29.0. The fourth-order valence-corrected chi connectivity index (χ4v) is 4.80. The number of benzene rings is 1. The van der Waals surface area contributed by atoms with E-state index in [2.05, 4.69) is 79.3 Å². The molecular weight excluding hydrogens is 528 g/mol. The molecule has 204 valence electrons. The summed E-state index contributed by atoms with van der Waals surface area (Å²) < 4.78 is 6.60. The molecule has 0 saturated carbocycles. The Morgan fingerprint density at radius 3 is 1.62 bits per heavy atom. The summed E-state index contributed by atoms with van der Waals surface area (Å²) in [5.41, 5.74) is 4.29. The van der Waals surface area contributed by atoms with Crippen molar-refractivity contribution in [3.05, 3.63) is 126 Å². The van der Waals surface area contributed by atoms with Crippen molar-refractivity contribution in [3.8, 4) is 0 Å². The average molecular weight is 565 g/mol. The summed E-state index contributed by atoms with van der Waals surface area (Å²) in [5, 5.41) is 0. The smallest absolute Gasteiger partial charge is 0.154 e. The number of hydrogen-bond donors (Lipinski definition) is 0. The molecule has 0 amide bonds. The van der Waals surface area contributed by atoms with Crippen LogP contribution in [-0.2, 0) is 41.5 Å². The number of hydrogen-bond acceptors (Lipinski definition) is 7. The van der Waals surface area contributed by atoms with Gasteiger partial charge < -0.3 is 4.74 Å². The van der Waals surface area contributed by atoms with Crippen LogP contribution in [0, 0.1) is 0 Å². The normalized spacial score (nSPS) is 16.4. The summed E-state index contributed by atoms with van der Waals surface area (Å²) in [4.78, 5) is 21.3. The Morgan fingerprint density at radius 1 is 0.590 bits per heavy atom. The van der Waals surface area contributed by atoms with Crippen molar-refractivity contribution in [1.82, 2.24) is 29.7 Å². The fraction of sp³-hybridized carbons (Fsp3) is 0.323. The number of aromatic nitrogens is 3. The topological polar surface area (TPSA) is 57.6 Å². The first-order chi connectivity index (χ1) is 18.8. The van der Waals surface area contributed by atoms with E-state index in [0.29, 0.717) is 6.61 Å². The van der Waals surface area contributed by atoms with Gasteiger partial charge in [0.1, 0.15) is 0 Å². The molecule has 0 aliphatic carbocycles. The van der Waals surface area contributed by atoms with E-state index in [1.54, 1.807) is 0 Å². The summed E-state index contributed by atoms with van der Waals surface area (Å²) in [6.45, 7) is 7.72. The van der Waals surface area contributed by atoms with Gasteiger partial charge in [-0.05, 0) is 42.0 Å². The van der Waals surface area contributed by atoms with Crippen LogP contribution in [0.2, 0.25) is 0 Å². The minimum absolute atomic E-state index is 0. The van der Waals surface area contributed by atoms with Gasteiger partial charge in [-0.1, -0.05) is 48.5 Å². The van der Waals surface area contributed by atoms with Gasteiger partial charge in [-0.25, -0.2) is 0 Å².